The Morgan fingerprint density at radius 2 is 2.09 bits per heavy atom. The smallest absolute Gasteiger partial charge is 0.227 e. The van der Waals surface area contributed by atoms with Gasteiger partial charge >= 0.3 is 0 Å². The Balaban J connectivity index is 1.54. The van der Waals surface area contributed by atoms with Crippen LogP contribution in [-0.2, 0) is 16.1 Å². The fourth-order valence-electron chi connectivity index (χ4n) is 2.92. The van der Waals surface area contributed by atoms with Gasteiger partial charge in [0.25, 0.3) is 0 Å². The first kappa shape index (κ1) is 15.0. The average molecular weight is 301 g/mol. The van der Waals surface area contributed by atoms with Gasteiger partial charge in [0.05, 0.1) is 0 Å². The zero-order chi connectivity index (χ0) is 15.5. The molecular weight excluding hydrogens is 278 g/mol. The molecule has 0 spiro atoms. The molecule has 2 saturated heterocycles. The molecule has 0 aromatic heterocycles. The van der Waals surface area contributed by atoms with Gasteiger partial charge in [-0.3, -0.25) is 9.59 Å². The number of carbonyl (C=O) groups excluding carboxylic acids is 2. The first-order valence-corrected chi connectivity index (χ1v) is 8.02. The molecule has 1 aromatic rings. The minimum atomic E-state index is 0.0307. The van der Waals surface area contributed by atoms with Gasteiger partial charge in [-0.15, -0.1) is 0 Å². The molecule has 0 aliphatic carbocycles. The Bertz CT molecular complexity index is 552. The third kappa shape index (κ3) is 3.30. The number of amides is 2. The molecule has 22 heavy (non-hydrogen) atoms. The molecule has 2 N–H and O–H groups in total. The SMILES string of the molecule is CC(C(=O)Nc1ccc(CN2CCCC2=O)cc1)C1CNC1. The lowest BCUT2D eigenvalue weighted by Crippen LogP contribution is -2.48. The molecule has 0 saturated carbocycles. The summed E-state index contributed by atoms with van der Waals surface area (Å²) in [6.07, 6.45) is 1.63. The van der Waals surface area contributed by atoms with E-state index < -0.39 is 0 Å². The summed E-state index contributed by atoms with van der Waals surface area (Å²) in [4.78, 5) is 25.7. The van der Waals surface area contributed by atoms with Crippen LogP contribution >= 0.6 is 0 Å². The number of nitrogens with one attached hydrogen (secondary N) is 2. The minimum absolute atomic E-state index is 0.0307. The summed E-state index contributed by atoms with van der Waals surface area (Å²) in [5.41, 5.74) is 1.92. The molecule has 2 aliphatic heterocycles. The maximum absolute atomic E-state index is 12.2. The molecule has 1 aromatic carbocycles. The van der Waals surface area contributed by atoms with Crippen molar-refractivity contribution in [2.24, 2.45) is 11.8 Å². The van der Waals surface area contributed by atoms with Crippen LogP contribution in [0.15, 0.2) is 24.3 Å². The van der Waals surface area contributed by atoms with Crippen LogP contribution in [0.3, 0.4) is 0 Å². The summed E-state index contributed by atoms with van der Waals surface area (Å²) < 4.78 is 0. The first-order valence-electron chi connectivity index (χ1n) is 8.02. The lowest BCUT2D eigenvalue weighted by molar-refractivity contribution is -0.128. The van der Waals surface area contributed by atoms with Gasteiger partial charge < -0.3 is 15.5 Å². The molecule has 0 bridgehead atoms. The van der Waals surface area contributed by atoms with E-state index in [9.17, 15) is 9.59 Å². The van der Waals surface area contributed by atoms with Crippen molar-refractivity contribution in [1.29, 1.82) is 0 Å². The van der Waals surface area contributed by atoms with Gasteiger partial charge in [-0.2, -0.15) is 0 Å². The summed E-state index contributed by atoms with van der Waals surface area (Å²) in [5, 5.41) is 6.17. The van der Waals surface area contributed by atoms with Gasteiger partial charge in [0.2, 0.25) is 11.8 Å². The molecule has 3 rings (SSSR count). The summed E-state index contributed by atoms with van der Waals surface area (Å²) in [6.45, 7) is 5.35. The molecule has 118 valence electrons. The standard InChI is InChI=1S/C17H23N3O2/c1-12(14-9-18-10-14)17(22)19-15-6-4-13(5-7-15)11-20-8-2-3-16(20)21/h4-7,12,14,18H,2-3,8-11H2,1H3,(H,19,22). The van der Waals surface area contributed by atoms with E-state index in [-0.39, 0.29) is 17.7 Å². The van der Waals surface area contributed by atoms with Crippen LogP contribution < -0.4 is 10.6 Å². The van der Waals surface area contributed by atoms with Crippen LogP contribution in [0.4, 0.5) is 5.69 Å². The Hall–Kier alpha value is -1.88. The Morgan fingerprint density at radius 3 is 2.64 bits per heavy atom. The number of nitrogens with zero attached hydrogens (tertiary/aromatic N) is 1. The Labute approximate surface area is 131 Å². The molecular formula is C17H23N3O2. The van der Waals surface area contributed by atoms with Gasteiger partial charge in [0.15, 0.2) is 0 Å². The van der Waals surface area contributed by atoms with E-state index in [0.29, 0.717) is 18.9 Å². The summed E-state index contributed by atoms with van der Waals surface area (Å²) in [5.74, 6) is 0.790. The Kier molecular flexibility index (Phi) is 4.43. The fourth-order valence-corrected chi connectivity index (χ4v) is 2.92. The predicted molar refractivity (Wildman–Crippen MR) is 85.2 cm³/mol. The van der Waals surface area contributed by atoms with E-state index in [1.54, 1.807) is 0 Å². The largest absolute Gasteiger partial charge is 0.338 e. The maximum atomic E-state index is 12.2. The molecule has 1 atom stereocenters. The summed E-state index contributed by atoms with van der Waals surface area (Å²) in [7, 11) is 0. The van der Waals surface area contributed by atoms with Crippen LogP contribution in [0.2, 0.25) is 0 Å². The number of carbonyl (C=O) groups is 2. The topological polar surface area (TPSA) is 61.4 Å². The van der Waals surface area contributed by atoms with E-state index in [2.05, 4.69) is 10.6 Å². The van der Waals surface area contributed by atoms with E-state index >= 15 is 0 Å². The van der Waals surface area contributed by atoms with Gasteiger partial charge in [0, 0.05) is 31.1 Å². The second kappa shape index (κ2) is 6.48. The lowest BCUT2D eigenvalue weighted by Gasteiger charge is -2.31. The number of hydrogen-bond donors (Lipinski definition) is 2. The predicted octanol–water partition coefficient (Wildman–Crippen LogP) is 1.60. The fraction of sp³-hybridized carbons (Fsp3) is 0.529. The Morgan fingerprint density at radius 1 is 1.36 bits per heavy atom. The van der Waals surface area contributed by atoms with Crippen molar-refractivity contribution < 1.29 is 9.59 Å². The number of likely N-dealkylation sites (tertiary alicyclic amines) is 1. The zero-order valence-electron chi connectivity index (χ0n) is 13.0. The molecule has 2 aliphatic rings. The van der Waals surface area contributed by atoms with Crippen LogP contribution in [0.5, 0.6) is 0 Å². The molecule has 5 heteroatoms. The summed E-state index contributed by atoms with van der Waals surface area (Å²) in [6, 6.07) is 7.80. The van der Waals surface area contributed by atoms with Crippen molar-refractivity contribution >= 4 is 17.5 Å². The quantitative estimate of drug-likeness (QED) is 0.868. The maximum Gasteiger partial charge on any atom is 0.227 e. The highest BCUT2D eigenvalue weighted by Crippen LogP contribution is 2.19. The first-order chi connectivity index (χ1) is 10.6. The summed E-state index contributed by atoms with van der Waals surface area (Å²) >= 11 is 0. The van der Waals surface area contributed by atoms with Crippen molar-refractivity contribution in [3.63, 3.8) is 0 Å². The van der Waals surface area contributed by atoms with Crippen molar-refractivity contribution in [3.8, 4) is 0 Å². The van der Waals surface area contributed by atoms with Gasteiger partial charge in [-0.25, -0.2) is 0 Å². The third-order valence-electron chi connectivity index (χ3n) is 4.70. The van der Waals surface area contributed by atoms with Gasteiger partial charge in [-0.05, 0) is 43.1 Å². The lowest BCUT2D eigenvalue weighted by atomic mass is 9.88. The highest BCUT2D eigenvalue weighted by Gasteiger charge is 2.28. The van der Waals surface area contributed by atoms with Crippen molar-refractivity contribution in [2.45, 2.75) is 26.3 Å². The second-order valence-corrected chi connectivity index (χ2v) is 6.31. The van der Waals surface area contributed by atoms with Crippen molar-refractivity contribution in [2.75, 3.05) is 25.0 Å². The van der Waals surface area contributed by atoms with E-state index in [4.69, 9.17) is 0 Å². The second-order valence-electron chi connectivity index (χ2n) is 6.31. The van der Waals surface area contributed by atoms with E-state index in [1.807, 2.05) is 36.1 Å². The van der Waals surface area contributed by atoms with E-state index in [0.717, 1.165) is 37.3 Å². The van der Waals surface area contributed by atoms with Gasteiger partial charge in [-0.1, -0.05) is 19.1 Å². The third-order valence-corrected chi connectivity index (χ3v) is 4.70. The molecule has 1 unspecified atom stereocenters. The highest BCUT2D eigenvalue weighted by molar-refractivity contribution is 5.92. The van der Waals surface area contributed by atoms with Gasteiger partial charge in [0.1, 0.15) is 0 Å². The monoisotopic (exact) mass is 301 g/mol. The highest BCUT2D eigenvalue weighted by atomic mass is 16.2. The normalized spacial score (nSPS) is 19.9. The zero-order valence-corrected chi connectivity index (χ0v) is 13.0. The molecule has 5 nitrogen and oxygen atoms in total. The van der Waals surface area contributed by atoms with Crippen molar-refractivity contribution in [3.05, 3.63) is 29.8 Å². The number of benzene rings is 1. The average Bonchev–Trinajstić information content (AvgIpc) is 2.84. The minimum Gasteiger partial charge on any atom is -0.338 e. The molecule has 2 heterocycles. The number of anilines is 1. The van der Waals surface area contributed by atoms with Crippen molar-refractivity contribution in [1.82, 2.24) is 10.2 Å². The van der Waals surface area contributed by atoms with Crippen LogP contribution in [0.25, 0.3) is 0 Å². The molecule has 2 fully saturated rings. The van der Waals surface area contributed by atoms with Crippen LogP contribution in [0.1, 0.15) is 25.3 Å². The van der Waals surface area contributed by atoms with Crippen LogP contribution in [-0.4, -0.2) is 36.3 Å². The number of rotatable bonds is 5. The van der Waals surface area contributed by atoms with E-state index in [1.165, 1.54) is 0 Å². The van der Waals surface area contributed by atoms with Crippen LogP contribution in [0, 0.1) is 11.8 Å². The molecule has 0 radical (unpaired) electrons. The molecule has 2 amide bonds. The number of hydrogen-bond acceptors (Lipinski definition) is 3.